The van der Waals surface area contributed by atoms with Gasteiger partial charge >= 0.3 is 6.03 Å². The summed E-state index contributed by atoms with van der Waals surface area (Å²) in [5.74, 6) is 0.252. The van der Waals surface area contributed by atoms with E-state index in [9.17, 15) is 20.1 Å². The molecule has 2 aromatic rings. The van der Waals surface area contributed by atoms with Crippen LogP contribution in [0.4, 0.5) is 10.6 Å². The zero-order valence-electron chi connectivity index (χ0n) is 13.3. The molecule has 25 heavy (non-hydrogen) atoms. The molecule has 0 saturated carbocycles. The predicted octanol–water partition coefficient (Wildman–Crippen LogP) is -1.92. The number of hydrogen-bond donors (Lipinski definition) is 6. The number of aliphatic hydroxyl groups excluding tert-OH is 3. The second-order valence-corrected chi connectivity index (χ2v) is 5.38. The SMILES string of the molecule is CCNC(=O)NNc1ncnc2c1ncn2[C@@H]1O[C@H](CO)[C@@H](O)[C@H]1O. The Morgan fingerprint density at radius 1 is 1.32 bits per heavy atom. The number of aromatic nitrogens is 4. The van der Waals surface area contributed by atoms with Crippen LogP contribution < -0.4 is 16.2 Å². The number of hydrogen-bond acceptors (Lipinski definition) is 9. The third-order valence-corrected chi connectivity index (χ3v) is 3.78. The van der Waals surface area contributed by atoms with Gasteiger partial charge in [0.05, 0.1) is 12.9 Å². The number of urea groups is 1. The maximum Gasteiger partial charge on any atom is 0.333 e. The Kier molecular flexibility index (Phi) is 4.94. The molecule has 6 N–H and O–H groups in total. The molecule has 12 heteroatoms. The summed E-state index contributed by atoms with van der Waals surface area (Å²) in [6.07, 6.45) is -1.73. The molecule has 3 heterocycles. The fourth-order valence-electron chi connectivity index (χ4n) is 2.56. The van der Waals surface area contributed by atoms with Gasteiger partial charge in [-0.15, -0.1) is 0 Å². The number of nitrogens with one attached hydrogen (secondary N) is 3. The molecule has 0 unspecified atom stereocenters. The third kappa shape index (κ3) is 3.19. The summed E-state index contributed by atoms with van der Waals surface area (Å²) in [4.78, 5) is 23.7. The first-order valence-corrected chi connectivity index (χ1v) is 7.66. The van der Waals surface area contributed by atoms with Gasteiger partial charge in [0, 0.05) is 6.54 Å². The van der Waals surface area contributed by atoms with Crippen LogP contribution in [-0.2, 0) is 4.74 Å². The van der Waals surface area contributed by atoms with E-state index in [2.05, 4.69) is 31.1 Å². The number of hydrazine groups is 1. The summed E-state index contributed by atoms with van der Waals surface area (Å²) in [7, 11) is 0. The Balaban J connectivity index is 1.85. The molecular weight excluding hydrogens is 334 g/mol. The van der Waals surface area contributed by atoms with Crippen molar-refractivity contribution in [1.82, 2.24) is 30.3 Å². The van der Waals surface area contributed by atoms with Gasteiger partial charge in [-0.05, 0) is 6.92 Å². The molecule has 0 bridgehead atoms. The minimum Gasteiger partial charge on any atom is -0.394 e. The molecule has 1 fully saturated rings. The van der Waals surface area contributed by atoms with Crippen molar-refractivity contribution in [2.75, 3.05) is 18.6 Å². The quantitative estimate of drug-likeness (QED) is 0.336. The molecule has 0 aromatic carbocycles. The van der Waals surface area contributed by atoms with Crippen molar-refractivity contribution >= 4 is 23.0 Å². The van der Waals surface area contributed by atoms with Crippen LogP contribution in [0, 0.1) is 0 Å². The van der Waals surface area contributed by atoms with Gasteiger partial charge in [0.25, 0.3) is 0 Å². The van der Waals surface area contributed by atoms with Crippen molar-refractivity contribution < 1.29 is 24.9 Å². The molecule has 3 rings (SSSR count). The monoisotopic (exact) mass is 353 g/mol. The lowest BCUT2D eigenvalue weighted by Gasteiger charge is -2.16. The summed E-state index contributed by atoms with van der Waals surface area (Å²) < 4.78 is 6.90. The first-order chi connectivity index (χ1) is 12.1. The van der Waals surface area contributed by atoms with E-state index >= 15 is 0 Å². The van der Waals surface area contributed by atoms with Crippen LogP contribution in [0.5, 0.6) is 0 Å². The van der Waals surface area contributed by atoms with Gasteiger partial charge in [0.1, 0.15) is 24.6 Å². The predicted molar refractivity (Wildman–Crippen MR) is 84.2 cm³/mol. The normalized spacial score (nSPS) is 25.9. The summed E-state index contributed by atoms with van der Waals surface area (Å²) in [6.45, 7) is 1.82. The van der Waals surface area contributed by atoms with Gasteiger partial charge in [-0.25, -0.2) is 19.7 Å². The maximum atomic E-state index is 11.5. The number of imidazole rings is 1. The maximum absolute atomic E-state index is 11.5. The van der Waals surface area contributed by atoms with Crippen molar-refractivity contribution in [3.8, 4) is 0 Å². The van der Waals surface area contributed by atoms with Crippen molar-refractivity contribution in [2.45, 2.75) is 31.5 Å². The van der Waals surface area contributed by atoms with E-state index in [1.807, 2.05) is 0 Å². The number of anilines is 1. The molecule has 0 aliphatic carbocycles. The van der Waals surface area contributed by atoms with Crippen molar-refractivity contribution in [2.24, 2.45) is 0 Å². The van der Waals surface area contributed by atoms with Crippen molar-refractivity contribution in [3.05, 3.63) is 12.7 Å². The number of fused-ring (bicyclic) bond motifs is 1. The van der Waals surface area contributed by atoms with Crippen LogP contribution in [-0.4, -0.2) is 72.3 Å². The summed E-state index contributed by atoms with van der Waals surface area (Å²) in [6, 6.07) is -0.433. The molecule has 2 amide bonds. The number of rotatable bonds is 5. The Morgan fingerprint density at radius 2 is 2.12 bits per heavy atom. The van der Waals surface area contributed by atoms with Gasteiger partial charge in [-0.3, -0.25) is 15.4 Å². The van der Waals surface area contributed by atoms with E-state index in [0.29, 0.717) is 17.7 Å². The van der Waals surface area contributed by atoms with Gasteiger partial charge in [-0.2, -0.15) is 0 Å². The van der Waals surface area contributed by atoms with Gasteiger partial charge in [-0.1, -0.05) is 0 Å². The standard InChI is InChI=1S/C13H19N7O5/c1-2-14-13(24)19-18-10-7-11(16-4-15-10)20(5-17-7)12-9(23)8(22)6(3-21)25-12/h4-6,8-9,12,21-23H,2-3H2,1H3,(H2,14,19,24)(H,15,16,18)/t6-,8-,9-,12-/m1/s1. The lowest BCUT2D eigenvalue weighted by molar-refractivity contribution is -0.0511. The van der Waals surface area contributed by atoms with Crippen LogP contribution >= 0.6 is 0 Å². The van der Waals surface area contributed by atoms with Crippen molar-refractivity contribution in [3.63, 3.8) is 0 Å². The van der Waals surface area contributed by atoms with Crippen LogP contribution in [0.15, 0.2) is 12.7 Å². The van der Waals surface area contributed by atoms with Gasteiger partial charge in [0.15, 0.2) is 23.2 Å². The molecule has 0 radical (unpaired) electrons. The van der Waals surface area contributed by atoms with E-state index in [0.717, 1.165) is 0 Å². The van der Waals surface area contributed by atoms with Crippen LogP contribution in [0.1, 0.15) is 13.2 Å². The lowest BCUT2D eigenvalue weighted by Crippen LogP contribution is -2.39. The second kappa shape index (κ2) is 7.14. The van der Waals surface area contributed by atoms with E-state index in [4.69, 9.17) is 4.74 Å². The highest BCUT2D eigenvalue weighted by molar-refractivity contribution is 5.84. The van der Waals surface area contributed by atoms with E-state index < -0.39 is 37.2 Å². The Morgan fingerprint density at radius 3 is 2.80 bits per heavy atom. The third-order valence-electron chi connectivity index (χ3n) is 3.78. The van der Waals surface area contributed by atoms with E-state index in [-0.39, 0.29) is 5.82 Å². The number of aliphatic hydroxyl groups is 3. The molecule has 12 nitrogen and oxygen atoms in total. The molecule has 0 spiro atoms. The largest absolute Gasteiger partial charge is 0.394 e. The zero-order chi connectivity index (χ0) is 18.0. The number of carbonyl (C=O) groups excluding carboxylic acids is 1. The minimum absolute atomic E-state index is 0.252. The second-order valence-electron chi connectivity index (χ2n) is 5.38. The number of ether oxygens (including phenoxy) is 1. The van der Waals surface area contributed by atoms with E-state index in [1.165, 1.54) is 17.2 Å². The minimum atomic E-state index is -1.26. The molecular formula is C13H19N7O5. The lowest BCUT2D eigenvalue weighted by atomic mass is 10.1. The molecule has 4 atom stereocenters. The smallest absolute Gasteiger partial charge is 0.333 e. The topological polar surface area (TPSA) is 167 Å². The highest BCUT2D eigenvalue weighted by atomic mass is 16.6. The average molecular weight is 353 g/mol. The Hall–Kier alpha value is -2.54. The van der Waals surface area contributed by atoms with Crippen LogP contribution in [0.25, 0.3) is 11.2 Å². The summed E-state index contributed by atoms with van der Waals surface area (Å²) in [5.41, 5.74) is 5.70. The first-order valence-electron chi connectivity index (χ1n) is 7.66. The number of nitrogens with zero attached hydrogens (tertiary/aromatic N) is 4. The molecule has 1 saturated heterocycles. The Bertz CT molecular complexity index is 753. The fourth-order valence-corrected chi connectivity index (χ4v) is 2.56. The van der Waals surface area contributed by atoms with Crippen molar-refractivity contribution in [1.29, 1.82) is 0 Å². The molecule has 1 aliphatic rings. The first kappa shape index (κ1) is 17.3. The summed E-state index contributed by atoms with van der Waals surface area (Å²) >= 11 is 0. The zero-order valence-corrected chi connectivity index (χ0v) is 13.3. The molecule has 1 aliphatic heterocycles. The Labute approximate surface area is 141 Å². The number of carbonyl (C=O) groups is 1. The highest BCUT2D eigenvalue weighted by Crippen LogP contribution is 2.31. The molecule has 2 aromatic heterocycles. The highest BCUT2D eigenvalue weighted by Gasteiger charge is 2.44. The van der Waals surface area contributed by atoms with Crippen LogP contribution in [0.3, 0.4) is 0 Å². The number of amides is 2. The average Bonchev–Trinajstić information content (AvgIpc) is 3.15. The fraction of sp³-hybridized carbons (Fsp3) is 0.538. The van der Waals surface area contributed by atoms with Crippen LogP contribution in [0.2, 0.25) is 0 Å². The van der Waals surface area contributed by atoms with Gasteiger partial charge < -0.3 is 25.4 Å². The summed E-state index contributed by atoms with van der Waals surface area (Å²) in [5, 5.41) is 31.8. The van der Waals surface area contributed by atoms with Gasteiger partial charge in [0.2, 0.25) is 0 Å². The molecule has 136 valence electrons. The van der Waals surface area contributed by atoms with E-state index in [1.54, 1.807) is 6.92 Å².